The summed E-state index contributed by atoms with van der Waals surface area (Å²) < 4.78 is 0. The van der Waals surface area contributed by atoms with Gasteiger partial charge in [-0.05, 0) is 72.6 Å². The Labute approximate surface area is 170 Å². The zero-order valence-electron chi connectivity index (χ0n) is 15.7. The number of non-ortho nitro benzene ring substituents is 1. The third-order valence-electron chi connectivity index (χ3n) is 4.37. The van der Waals surface area contributed by atoms with Gasteiger partial charge in [-0.1, -0.05) is 6.07 Å². The van der Waals surface area contributed by atoms with Gasteiger partial charge in [0.2, 0.25) is 5.91 Å². The number of hydrogen-bond donors (Lipinski definition) is 1. The second-order valence-corrected chi connectivity index (χ2v) is 7.46. The molecule has 2 aromatic carbocycles. The molecule has 1 fully saturated rings. The lowest BCUT2D eigenvalue weighted by atomic mass is 10.1. The third-order valence-corrected chi connectivity index (χ3v) is 5.28. The monoisotopic (exact) mass is 411 g/mol. The van der Waals surface area contributed by atoms with Crippen molar-refractivity contribution in [1.82, 2.24) is 4.90 Å². The molecule has 0 unspecified atom stereocenters. The number of thioether (sulfide) groups is 1. The molecule has 3 rings (SSSR count). The number of nitro groups is 1. The summed E-state index contributed by atoms with van der Waals surface area (Å²) in [6.07, 6.45) is 1.47. The number of aryl methyl sites for hydroxylation is 2. The summed E-state index contributed by atoms with van der Waals surface area (Å²) in [6, 6.07) is 11.0. The van der Waals surface area contributed by atoms with Gasteiger partial charge < -0.3 is 5.32 Å². The number of nitrogens with zero attached hydrogens (tertiary/aromatic N) is 2. The van der Waals surface area contributed by atoms with Gasteiger partial charge in [-0.3, -0.25) is 29.4 Å². The summed E-state index contributed by atoms with van der Waals surface area (Å²) in [7, 11) is 0. The van der Waals surface area contributed by atoms with Crippen LogP contribution in [0.4, 0.5) is 16.2 Å². The Hall–Kier alpha value is -3.46. The fraction of sp³-hybridized carbons (Fsp3) is 0.150. The van der Waals surface area contributed by atoms with Crippen molar-refractivity contribution >= 4 is 46.3 Å². The van der Waals surface area contributed by atoms with Crippen molar-refractivity contribution in [2.24, 2.45) is 0 Å². The minimum absolute atomic E-state index is 0.0710. The van der Waals surface area contributed by atoms with Crippen molar-refractivity contribution in [3.63, 3.8) is 0 Å². The molecule has 1 aliphatic heterocycles. The zero-order valence-corrected chi connectivity index (χ0v) is 16.5. The molecular weight excluding hydrogens is 394 g/mol. The fourth-order valence-electron chi connectivity index (χ4n) is 2.64. The lowest BCUT2D eigenvalue weighted by Crippen LogP contribution is -2.36. The highest BCUT2D eigenvalue weighted by Crippen LogP contribution is 2.32. The van der Waals surface area contributed by atoms with Crippen LogP contribution in [0.1, 0.15) is 16.7 Å². The van der Waals surface area contributed by atoms with E-state index >= 15 is 0 Å². The molecule has 0 atom stereocenters. The van der Waals surface area contributed by atoms with Crippen molar-refractivity contribution < 1.29 is 19.3 Å². The topological polar surface area (TPSA) is 110 Å². The van der Waals surface area contributed by atoms with E-state index in [1.165, 1.54) is 30.3 Å². The first kappa shape index (κ1) is 20.3. The number of carbonyl (C=O) groups excluding carboxylic acids is 3. The summed E-state index contributed by atoms with van der Waals surface area (Å²) in [6.45, 7) is 3.48. The quantitative estimate of drug-likeness (QED) is 0.454. The second kappa shape index (κ2) is 8.27. The molecule has 0 aliphatic carbocycles. The summed E-state index contributed by atoms with van der Waals surface area (Å²) in [5, 5.41) is 12.8. The van der Waals surface area contributed by atoms with Crippen LogP contribution in [0.15, 0.2) is 47.4 Å². The molecule has 1 saturated heterocycles. The number of nitrogens with one attached hydrogen (secondary N) is 1. The number of benzene rings is 2. The largest absolute Gasteiger partial charge is 0.325 e. The highest BCUT2D eigenvalue weighted by Gasteiger charge is 2.36. The van der Waals surface area contributed by atoms with Crippen LogP contribution < -0.4 is 5.32 Å². The molecule has 1 aliphatic rings. The van der Waals surface area contributed by atoms with Crippen molar-refractivity contribution in [2.75, 3.05) is 11.9 Å². The van der Waals surface area contributed by atoms with E-state index in [1.807, 2.05) is 26.0 Å². The maximum atomic E-state index is 12.5. The van der Waals surface area contributed by atoms with Crippen molar-refractivity contribution in [3.8, 4) is 0 Å². The molecule has 1 heterocycles. The predicted molar refractivity (Wildman–Crippen MR) is 110 cm³/mol. The predicted octanol–water partition coefficient (Wildman–Crippen LogP) is 3.89. The van der Waals surface area contributed by atoms with Crippen molar-refractivity contribution in [2.45, 2.75) is 13.8 Å². The van der Waals surface area contributed by atoms with E-state index in [9.17, 15) is 24.5 Å². The van der Waals surface area contributed by atoms with Crippen LogP contribution >= 0.6 is 11.8 Å². The number of hydrogen-bond acceptors (Lipinski definition) is 6. The number of anilines is 1. The lowest BCUT2D eigenvalue weighted by molar-refractivity contribution is -0.384. The van der Waals surface area contributed by atoms with Gasteiger partial charge in [-0.15, -0.1) is 0 Å². The summed E-state index contributed by atoms with van der Waals surface area (Å²) in [5.74, 6) is -1.05. The number of carbonyl (C=O) groups is 3. The Morgan fingerprint density at radius 2 is 1.83 bits per heavy atom. The van der Waals surface area contributed by atoms with Gasteiger partial charge >= 0.3 is 0 Å². The van der Waals surface area contributed by atoms with Gasteiger partial charge in [-0.2, -0.15) is 0 Å². The highest BCUT2D eigenvalue weighted by atomic mass is 32.2. The average Bonchev–Trinajstić information content (AvgIpc) is 2.92. The standard InChI is InChI=1S/C20H17N3O5S/c1-12-3-6-15(9-13(12)2)21-18(24)11-22-19(25)17(29-20(22)26)10-14-4-7-16(8-5-14)23(27)28/h3-10H,11H2,1-2H3,(H,21,24)/b17-10-. The number of nitro benzene ring substituents is 1. The molecule has 0 spiro atoms. The minimum atomic E-state index is -0.575. The molecule has 0 aromatic heterocycles. The van der Waals surface area contributed by atoms with Gasteiger partial charge in [-0.25, -0.2) is 0 Å². The molecule has 1 N–H and O–H groups in total. The molecular formula is C20H17N3O5S. The number of imide groups is 1. The molecule has 0 saturated carbocycles. The zero-order chi connectivity index (χ0) is 21.1. The first-order valence-corrected chi connectivity index (χ1v) is 9.43. The van der Waals surface area contributed by atoms with Crippen LogP contribution in [0.2, 0.25) is 0 Å². The first-order valence-electron chi connectivity index (χ1n) is 8.61. The average molecular weight is 411 g/mol. The van der Waals surface area contributed by atoms with Crippen LogP contribution in [-0.2, 0) is 9.59 Å². The molecule has 0 bridgehead atoms. The second-order valence-electron chi connectivity index (χ2n) is 6.46. The van der Waals surface area contributed by atoms with Crippen LogP contribution in [0, 0.1) is 24.0 Å². The summed E-state index contributed by atoms with van der Waals surface area (Å²) >= 11 is 0.724. The van der Waals surface area contributed by atoms with Gasteiger partial charge in [0.25, 0.3) is 16.8 Å². The normalized spacial score (nSPS) is 15.1. The Morgan fingerprint density at radius 3 is 2.45 bits per heavy atom. The Morgan fingerprint density at radius 1 is 1.14 bits per heavy atom. The summed E-state index contributed by atoms with van der Waals surface area (Å²) in [5.41, 5.74) is 3.16. The van der Waals surface area contributed by atoms with Crippen LogP contribution in [-0.4, -0.2) is 33.4 Å². The molecule has 29 heavy (non-hydrogen) atoms. The highest BCUT2D eigenvalue weighted by molar-refractivity contribution is 8.18. The molecule has 0 radical (unpaired) electrons. The molecule has 148 valence electrons. The van der Waals surface area contributed by atoms with Gasteiger partial charge in [0, 0.05) is 17.8 Å². The molecule has 8 nitrogen and oxygen atoms in total. The van der Waals surface area contributed by atoms with E-state index in [0.29, 0.717) is 11.3 Å². The summed E-state index contributed by atoms with van der Waals surface area (Å²) in [4.78, 5) is 48.2. The fourth-order valence-corrected chi connectivity index (χ4v) is 3.48. The van der Waals surface area contributed by atoms with Crippen molar-refractivity contribution in [3.05, 3.63) is 74.2 Å². The Kier molecular flexibility index (Phi) is 5.79. The van der Waals surface area contributed by atoms with Crippen LogP contribution in [0.3, 0.4) is 0 Å². The van der Waals surface area contributed by atoms with E-state index in [-0.39, 0.29) is 10.6 Å². The van der Waals surface area contributed by atoms with Gasteiger partial charge in [0.15, 0.2) is 0 Å². The van der Waals surface area contributed by atoms with Crippen molar-refractivity contribution in [1.29, 1.82) is 0 Å². The molecule has 3 amide bonds. The van der Waals surface area contributed by atoms with E-state index in [1.54, 1.807) is 6.07 Å². The Balaban J connectivity index is 1.68. The molecule has 2 aromatic rings. The smallest absolute Gasteiger partial charge is 0.294 e. The maximum Gasteiger partial charge on any atom is 0.294 e. The molecule has 9 heteroatoms. The van der Waals surface area contributed by atoms with Gasteiger partial charge in [0.05, 0.1) is 9.83 Å². The number of amides is 3. The van der Waals surface area contributed by atoms with Crippen LogP contribution in [0.5, 0.6) is 0 Å². The minimum Gasteiger partial charge on any atom is -0.325 e. The lowest BCUT2D eigenvalue weighted by Gasteiger charge is -2.13. The SMILES string of the molecule is Cc1ccc(NC(=O)CN2C(=O)S/C(=C\c3ccc([N+](=O)[O-])cc3)C2=O)cc1C. The van der Waals surface area contributed by atoms with Gasteiger partial charge in [0.1, 0.15) is 6.54 Å². The van der Waals surface area contributed by atoms with E-state index in [2.05, 4.69) is 5.32 Å². The maximum absolute atomic E-state index is 12.5. The van der Waals surface area contributed by atoms with E-state index < -0.39 is 28.5 Å². The van der Waals surface area contributed by atoms with E-state index in [4.69, 9.17) is 0 Å². The van der Waals surface area contributed by atoms with Crippen LogP contribution in [0.25, 0.3) is 6.08 Å². The number of rotatable bonds is 5. The first-order chi connectivity index (χ1) is 13.7. The van der Waals surface area contributed by atoms with E-state index in [0.717, 1.165) is 27.8 Å². The third kappa shape index (κ3) is 4.69. The Bertz CT molecular complexity index is 1050.